The number of fused-ring (bicyclic) bond motifs is 8. The van der Waals surface area contributed by atoms with Crippen LogP contribution in [0.15, 0.2) is 170 Å². The molecular formula is C54H34. The molecule has 0 atom stereocenters. The lowest BCUT2D eigenvalue weighted by atomic mass is 9.82. The Kier molecular flexibility index (Phi) is 6.27. The normalized spacial score (nSPS) is 13.0. The maximum absolute atomic E-state index is 2.50. The van der Waals surface area contributed by atoms with Crippen molar-refractivity contribution in [2.24, 2.45) is 0 Å². The van der Waals surface area contributed by atoms with Crippen molar-refractivity contribution in [2.45, 2.75) is 12.8 Å². The van der Waals surface area contributed by atoms with E-state index in [1.54, 1.807) is 0 Å². The van der Waals surface area contributed by atoms with E-state index < -0.39 is 0 Å². The van der Waals surface area contributed by atoms with Crippen LogP contribution in [0, 0.1) is 0 Å². The SMILES string of the molecule is C1=c2c(-c3ccccc3)c3c(c(-c4ccccc4)c2=CCC1)-c1ccc2c4c(ccc-3c14)-c1c-2c(-c2ccccc2)c2ccccc2c1-c1ccccc1. The molecule has 9 aromatic carbocycles. The molecule has 0 unspecified atom stereocenters. The molecule has 0 heteroatoms. The molecule has 0 saturated carbocycles. The maximum Gasteiger partial charge on any atom is -0.000740 e. The molecule has 0 aliphatic heterocycles. The van der Waals surface area contributed by atoms with E-state index in [-0.39, 0.29) is 0 Å². The molecule has 0 spiro atoms. The first-order chi connectivity index (χ1) is 26.9. The van der Waals surface area contributed by atoms with Crippen LogP contribution in [0.3, 0.4) is 0 Å². The molecule has 0 radical (unpaired) electrons. The van der Waals surface area contributed by atoms with Gasteiger partial charge in [-0.2, -0.15) is 0 Å². The van der Waals surface area contributed by atoms with Gasteiger partial charge in [-0.05, 0) is 134 Å². The van der Waals surface area contributed by atoms with Crippen LogP contribution in [0.25, 0.3) is 123 Å². The van der Waals surface area contributed by atoms with Gasteiger partial charge < -0.3 is 0 Å². The zero-order chi connectivity index (χ0) is 35.3. The van der Waals surface area contributed by atoms with Gasteiger partial charge in [0.1, 0.15) is 0 Å². The van der Waals surface area contributed by atoms with Gasteiger partial charge in [0.15, 0.2) is 0 Å². The van der Waals surface area contributed by atoms with Crippen LogP contribution >= 0.6 is 0 Å². The summed E-state index contributed by atoms with van der Waals surface area (Å²) in [5.41, 5.74) is 21.2. The van der Waals surface area contributed by atoms with Gasteiger partial charge in [0.05, 0.1) is 0 Å². The molecule has 12 rings (SSSR count). The van der Waals surface area contributed by atoms with Crippen molar-refractivity contribution in [1.82, 2.24) is 0 Å². The highest BCUT2D eigenvalue weighted by Crippen LogP contribution is 2.62. The van der Waals surface area contributed by atoms with E-state index in [1.807, 2.05) is 0 Å². The van der Waals surface area contributed by atoms with Crippen LogP contribution in [0.4, 0.5) is 0 Å². The minimum absolute atomic E-state index is 1.05. The molecule has 0 N–H and O–H groups in total. The van der Waals surface area contributed by atoms with Gasteiger partial charge in [-0.15, -0.1) is 0 Å². The van der Waals surface area contributed by atoms with Crippen molar-refractivity contribution < 1.29 is 0 Å². The summed E-state index contributed by atoms with van der Waals surface area (Å²) in [6.45, 7) is 0. The summed E-state index contributed by atoms with van der Waals surface area (Å²) in [4.78, 5) is 0. The van der Waals surface area contributed by atoms with Crippen molar-refractivity contribution in [3.8, 4) is 89.0 Å². The number of rotatable bonds is 4. The topological polar surface area (TPSA) is 0 Å². The Morgan fingerprint density at radius 3 is 0.852 bits per heavy atom. The smallest absolute Gasteiger partial charge is 0.000740 e. The number of hydrogen-bond donors (Lipinski definition) is 0. The number of benzene rings is 9. The molecule has 3 aliphatic carbocycles. The Hall–Kier alpha value is -6.76. The van der Waals surface area contributed by atoms with Gasteiger partial charge in [0.25, 0.3) is 0 Å². The first-order valence-electron chi connectivity index (χ1n) is 19.2. The van der Waals surface area contributed by atoms with E-state index in [0.717, 1.165) is 12.8 Å². The summed E-state index contributed by atoms with van der Waals surface area (Å²) in [7, 11) is 0. The van der Waals surface area contributed by atoms with Crippen molar-refractivity contribution in [2.75, 3.05) is 0 Å². The molecule has 54 heavy (non-hydrogen) atoms. The molecule has 3 aliphatic rings. The summed E-state index contributed by atoms with van der Waals surface area (Å²) in [5.74, 6) is 0. The zero-order valence-corrected chi connectivity index (χ0v) is 29.7. The van der Waals surface area contributed by atoms with Crippen molar-refractivity contribution in [1.29, 1.82) is 0 Å². The van der Waals surface area contributed by atoms with Crippen LogP contribution in [0.5, 0.6) is 0 Å². The molecule has 0 heterocycles. The molecule has 0 fully saturated rings. The lowest BCUT2D eigenvalue weighted by Crippen LogP contribution is -2.32. The minimum Gasteiger partial charge on any atom is -0.0757 e. The predicted molar refractivity (Wildman–Crippen MR) is 229 cm³/mol. The second kappa shape index (κ2) is 11.4. The Bertz CT molecular complexity index is 2940. The summed E-state index contributed by atoms with van der Waals surface area (Å²) in [5, 5.41) is 8.09. The highest BCUT2D eigenvalue weighted by molar-refractivity contribution is 6.33. The van der Waals surface area contributed by atoms with Gasteiger partial charge in [0.2, 0.25) is 0 Å². The maximum atomic E-state index is 2.50. The van der Waals surface area contributed by atoms with Crippen LogP contribution in [-0.4, -0.2) is 0 Å². The number of hydrogen-bond acceptors (Lipinski definition) is 0. The molecular weight excluding hydrogens is 649 g/mol. The standard InChI is InChI=1S/C54H34/c1-5-17-33(18-6-1)45-37-25-13-14-26-38(37)46(34-19-7-2-8-20-34)52-42-31-32-44-50-43(30-29-41(49(42)50)51(45)52)53-47(35-21-9-3-10-22-35)39-27-15-16-28-40(39)48(54(44)53)36-23-11-4-12-24-36/h1-14,17-32H,15-16H2. The largest absolute Gasteiger partial charge is 0.0757 e. The molecule has 250 valence electrons. The van der Waals surface area contributed by atoms with E-state index in [9.17, 15) is 0 Å². The molecule has 0 nitrogen and oxygen atoms in total. The highest BCUT2D eigenvalue weighted by Gasteiger charge is 2.36. The fourth-order valence-electron chi connectivity index (χ4n) is 10.1. The van der Waals surface area contributed by atoms with Crippen molar-refractivity contribution in [3.63, 3.8) is 0 Å². The van der Waals surface area contributed by atoms with Crippen LogP contribution in [0.2, 0.25) is 0 Å². The monoisotopic (exact) mass is 682 g/mol. The zero-order valence-electron chi connectivity index (χ0n) is 29.7. The van der Waals surface area contributed by atoms with Crippen molar-refractivity contribution >= 4 is 33.7 Å². The van der Waals surface area contributed by atoms with Crippen LogP contribution in [0.1, 0.15) is 12.8 Å². The van der Waals surface area contributed by atoms with E-state index in [4.69, 9.17) is 0 Å². The first-order valence-corrected chi connectivity index (χ1v) is 19.2. The molecule has 0 aromatic heterocycles. The Labute approximate surface area is 314 Å². The Morgan fingerprint density at radius 2 is 0.519 bits per heavy atom. The summed E-state index contributed by atoms with van der Waals surface area (Å²) in [6.07, 6.45) is 7.11. The second-order valence-electron chi connectivity index (χ2n) is 14.9. The third-order valence-corrected chi connectivity index (χ3v) is 12.1. The van der Waals surface area contributed by atoms with Crippen LogP contribution in [-0.2, 0) is 0 Å². The quantitative estimate of drug-likeness (QED) is 0.173. The van der Waals surface area contributed by atoms with Gasteiger partial charge in [0, 0.05) is 0 Å². The summed E-state index contributed by atoms with van der Waals surface area (Å²) in [6, 6.07) is 63.2. The fourth-order valence-corrected chi connectivity index (χ4v) is 10.1. The second-order valence-corrected chi connectivity index (χ2v) is 14.9. The lowest BCUT2D eigenvalue weighted by Gasteiger charge is -2.21. The molecule has 0 bridgehead atoms. The summed E-state index contributed by atoms with van der Waals surface area (Å²) < 4.78 is 0. The lowest BCUT2D eigenvalue weighted by molar-refractivity contribution is 1.12. The van der Waals surface area contributed by atoms with Crippen molar-refractivity contribution in [3.05, 3.63) is 180 Å². The van der Waals surface area contributed by atoms with E-state index in [2.05, 4.69) is 182 Å². The van der Waals surface area contributed by atoms with E-state index in [1.165, 1.54) is 121 Å². The average Bonchev–Trinajstić information content (AvgIpc) is 3.75. The van der Waals surface area contributed by atoms with Gasteiger partial charge in [-0.3, -0.25) is 0 Å². The molecule has 0 saturated heterocycles. The van der Waals surface area contributed by atoms with Crippen LogP contribution < -0.4 is 10.4 Å². The third kappa shape index (κ3) is 3.98. The average molecular weight is 683 g/mol. The van der Waals surface area contributed by atoms with Gasteiger partial charge >= 0.3 is 0 Å². The third-order valence-electron chi connectivity index (χ3n) is 12.1. The first kappa shape index (κ1) is 29.8. The van der Waals surface area contributed by atoms with E-state index >= 15 is 0 Å². The van der Waals surface area contributed by atoms with Gasteiger partial charge in [-0.1, -0.05) is 182 Å². The molecule has 9 aromatic rings. The molecule has 0 amide bonds. The minimum atomic E-state index is 1.05. The fraction of sp³-hybridized carbons (Fsp3) is 0.0370. The Balaban J connectivity index is 1.28. The van der Waals surface area contributed by atoms with E-state index in [0.29, 0.717) is 0 Å². The highest BCUT2D eigenvalue weighted by atomic mass is 14.4. The summed E-state index contributed by atoms with van der Waals surface area (Å²) >= 11 is 0. The Morgan fingerprint density at radius 1 is 0.241 bits per heavy atom. The van der Waals surface area contributed by atoms with Gasteiger partial charge in [-0.25, -0.2) is 0 Å². The predicted octanol–water partition coefficient (Wildman–Crippen LogP) is 13.3.